The second-order valence-corrected chi connectivity index (χ2v) is 15.6. The fraction of sp³-hybridized carbons (Fsp3) is 0. The van der Waals surface area contributed by atoms with E-state index in [-0.39, 0.29) is 0 Å². The molecule has 59 heavy (non-hydrogen) atoms. The molecule has 2 aromatic heterocycles. The van der Waals surface area contributed by atoms with E-state index in [1.165, 1.54) is 43.4 Å². The minimum absolute atomic E-state index is 0.824. The van der Waals surface area contributed by atoms with Crippen LogP contribution in [0.4, 0.5) is 0 Å². The molecule has 272 valence electrons. The Labute approximate surface area is 338 Å². The number of furan rings is 1. The number of hydrogen-bond acceptors (Lipinski definition) is 3. The molecule has 11 aromatic carbocycles. The molecule has 0 saturated carbocycles. The largest absolute Gasteiger partial charge is 0.455 e. The molecule has 13 aromatic rings. The van der Waals surface area contributed by atoms with Crippen molar-refractivity contribution in [1.82, 2.24) is 9.97 Å². The maximum atomic E-state index is 7.22. The zero-order chi connectivity index (χ0) is 38.6. The molecular formula is C56H32N2O. The van der Waals surface area contributed by atoms with E-state index in [1.54, 1.807) is 0 Å². The molecule has 0 aliphatic rings. The van der Waals surface area contributed by atoms with Crippen LogP contribution >= 0.6 is 0 Å². The molecule has 13 rings (SSSR count). The number of benzene rings is 11. The monoisotopic (exact) mass is 748 g/mol. The summed E-state index contributed by atoms with van der Waals surface area (Å²) in [4.78, 5) is 11.5. The molecule has 0 aliphatic heterocycles. The van der Waals surface area contributed by atoms with Crippen LogP contribution in [0.3, 0.4) is 0 Å². The van der Waals surface area contributed by atoms with Gasteiger partial charge in [-0.25, -0.2) is 9.97 Å². The molecule has 0 amide bonds. The van der Waals surface area contributed by atoms with Crippen molar-refractivity contribution in [2.45, 2.75) is 0 Å². The van der Waals surface area contributed by atoms with Crippen LogP contribution < -0.4 is 0 Å². The fourth-order valence-corrected chi connectivity index (χ4v) is 9.77. The van der Waals surface area contributed by atoms with Gasteiger partial charge in [-0.05, 0) is 72.4 Å². The van der Waals surface area contributed by atoms with Gasteiger partial charge < -0.3 is 4.42 Å². The normalized spacial score (nSPS) is 12.1. The summed E-state index contributed by atoms with van der Waals surface area (Å²) < 4.78 is 7.22. The molecule has 0 unspecified atom stereocenters. The highest BCUT2D eigenvalue weighted by Crippen LogP contribution is 2.50. The molecule has 0 N–H and O–H groups in total. The van der Waals surface area contributed by atoms with Crippen LogP contribution in [0.1, 0.15) is 0 Å². The van der Waals surface area contributed by atoms with Crippen molar-refractivity contribution in [2.75, 3.05) is 0 Å². The van der Waals surface area contributed by atoms with E-state index < -0.39 is 0 Å². The lowest BCUT2D eigenvalue weighted by Crippen LogP contribution is -1.99. The molecule has 0 fully saturated rings. The van der Waals surface area contributed by atoms with E-state index in [9.17, 15) is 0 Å². The predicted octanol–water partition coefficient (Wildman–Crippen LogP) is 15.4. The molecule has 3 nitrogen and oxygen atoms in total. The summed E-state index contributed by atoms with van der Waals surface area (Å²) in [5.41, 5.74) is 9.51. The number of aromatic nitrogens is 2. The summed E-state index contributed by atoms with van der Waals surface area (Å²) in [6.07, 6.45) is 0. The Bertz CT molecular complexity index is 3890. The average Bonchev–Trinajstić information content (AvgIpc) is 3.72. The van der Waals surface area contributed by atoms with Gasteiger partial charge in [-0.1, -0.05) is 176 Å². The van der Waals surface area contributed by atoms with E-state index in [4.69, 9.17) is 14.4 Å². The second kappa shape index (κ2) is 12.3. The van der Waals surface area contributed by atoms with Gasteiger partial charge in [0.1, 0.15) is 11.2 Å². The van der Waals surface area contributed by atoms with Gasteiger partial charge in [-0.15, -0.1) is 0 Å². The van der Waals surface area contributed by atoms with Crippen LogP contribution in [0.2, 0.25) is 0 Å². The fourth-order valence-electron chi connectivity index (χ4n) is 9.77. The predicted molar refractivity (Wildman–Crippen MR) is 248 cm³/mol. The molecule has 3 heteroatoms. The van der Waals surface area contributed by atoms with Crippen molar-refractivity contribution in [3.63, 3.8) is 0 Å². The molecule has 0 atom stereocenters. The van der Waals surface area contributed by atoms with Crippen molar-refractivity contribution < 1.29 is 4.42 Å². The van der Waals surface area contributed by atoms with Crippen LogP contribution in [-0.2, 0) is 0 Å². The quantitative estimate of drug-likeness (QED) is 0.169. The summed E-state index contributed by atoms with van der Waals surface area (Å²) in [5, 5.41) is 15.9. The van der Waals surface area contributed by atoms with Gasteiger partial charge in [-0.2, -0.15) is 0 Å². The van der Waals surface area contributed by atoms with E-state index in [0.717, 1.165) is 87.8 Å². The van der Waals surface area contributed by atoms with Crippen molar-refractivity contribution in [1.29, 1.82) is 0 Å². The standard InChI is InChI=1S/C56H32N2O/c1-3-15-33(16-4-1)36-27-28-37-32-46(55-52(35-18-5-2-6-19-35)57-53-43-25-13-9-21-39(43)40-22-10-14-26-44(40)54(53)58-55)51-48(45(37)31-36)41-23-11-12-24-42(41)50-49-38-20-8-7-17-34(38)29-30-47(49)59-56(50)51/h1-32H. The minimum atomic E-state index is 0.824. The average molecular weight is 749 g/mol. The molecular weight excluding hydrogens is 717 g/mol. The van der Waals surface area contributed by atoms with Crippen molar-refractivity contribution >= 4 is 97.6 Å². The first kappa shape index (κ1) is 32.2. The minimum Gasteiger partial charge on any atom is -0.455 e. The SMILES string of the molecule is c1ccc(-c2ccc3cc(-c4nc5c6ccccc6c6ccccc6c5nc4-c4ccccc4)c4c5oc6ccc7ccccc7c6c5c5ccccc5c4c3c2)cc1. The third-order valence-electron chi connectivity index (χ3n) is 12.4. The maximum Gasteiger partial charge on any atom is 0.144 e. The van der Waals surface area contributed by atoms with Gasteiger partial charge in [-0.3, -0.25) is 0 Å². The maximum absolute atomic E-state index is 7.22. The highest BCUT2D eigenvalue weighted by Gasteiger charge is 2.26. The summed E-state index contributed by atoms with van der Waals surface area (Å²) in [6, 6.07) is 69.4. The lowest BCUT2D eigenvalue weighted by atomic mass is 9.87. The van der Waals surface area contributed by atoms with Crippen molar-refractivity contribution in [3.8, 4) is 33.6 Å². The van der Waals surface area contributed by atoms with Crippen LogP contribution in [0.5, 0.6) is 0 Å². The Morgan fingerprint density at radius 1 is 0.305 bits per heavy atom. The van der Waals surface area contributed by atoms with Gasteiger partial charge in [0, 0.05) is 43.4 Å². The lowest BCUT2D eigenvalue weighted by Gasteiger charge is -2.18. The van der Waals surface area contributed by atoms with E-state index in [1.807, 2.05) is 0 Å². The van der Waals surface area contributed by atoms with Gasteiger partial charge in [0.2, 0.25) is 0 Å². The van der Waals surface area contributed by atoms with Crippen molar-refractivity contribution in [2.24, 2.45) is 0 Å². The lowest BCUT2D eigenvalue weighted by molar-refractivity contribution is 0.673. The molecule has 0 spiro atoms. The Morgan fingerprint density at radius 3 is 1.54 bits per heavy atom. The number of hydrogen-bond donors (Lipinski definition) is 0. The zero-order valence-corrected chi connectivity index (χ0v) is 31.8. The Morgan fingerprint density at radius 2 is 0.847 bits per heavy atom. The third kappa shape index (κ3) is 4.64. The molecule has 0 bridgehead atoms. The Kier molecular flexibility index (Phi) is 6.72. The summed E-state index contributed by atoms with van der Waals surface area (Å²) >= 11 is 0. The first-order valence-electron chi connectivity index (χ1n) is 20.2. The molecule has 2 heterocycles. The van der Waals surface area contributed by atoms with Gasteiger partial charge >= 0.3 is 0 Å². The summed E-state index contributed by atoms with van der Waals surface area (Å²) in [7, 11) is 0. The van der Waals surface area contributed by atoms with Gasteiger partial charge in [0.25, 0.3) is 0 Å². The van der Waals surface area contributed by atoms with Gasteiger partial charge in [0.05, 0.1) is 22.4 Å². The van der Waals surface area contributed by atoms with E-state index >= 15 is 0 Å². The van der Waals surface area contributed by atoms with Gasteiger partial charge in [0.15, 0.2) is 0 Å². The topological polar surface area (TPSA) is 38.9 Å². The number of nitrogens with zero attached hydrogens (tertiary/aromatic N) is 2. The van der Waals surface area contributed by atoms with Crippen LogP contribution in [0.15, 0.2) is 199 Å². The van der Waals surface area contributed by atoms with Crippen LogP contribution in [0.25, 0.3) is 131 Å². The van der Waals surface area contributed by atoms with Crippen LogP contribution in [-0.4, -0.2) is 9.97 Å². The second-order valence-electron chi connectivity index (χ2n) is 15.6. The summed E-state index contributed by atoms with van der Waals surface area (Å²) in [5.74, 6) is 0. The Balaban J connectivity index is 1.29. The van der Waals surface area contributed by atoms with E-state index in [2.05, 4.69) is 194 Å². The van der Waals surface area contributed by atoms with Crippen molar-refractivity contribution in [3.05, 3.63) is 194 Å². The highest BCUT2D eigenvalue weighted by atomic mass is 16.3. The number of rotatable bonds is 3. The van der Waals surface area contributed by atoms with Crippen LogP contribution in [0, 0.1) is 0 Å². The number of fused-ring (bicyclic) bond motifs is 18. The molecule has 0 radical (unpaired) electrons. The smallest absolute Gasteiger partial charge is 0.144 e. The first-order valence-corrected chi connectivity index (χ1v) is 20.2. The molecule has 0 aliphatic carbocycles. The zero-order valence-electron chi connectivity index (χ0n) is 31.8. The molecule has 0 saturated heterocycles. The third-order valence-corrected chi connectivity index (χ3v) is 12.4. The first-order chi connectivity index (χ1) is 29.3. The Hall–Kier alpha value is -7.88. The van der Waals surface area contributed by atoms with E-state index in [0.29, 0.717) is 0 Å². The summed E-state index contributed by atoms with van der Waals surface area (Å²) in [6.45, 7) is 0. The highest BCUT2D eigenvalue weighted by molar-refractivity contribution is 6.39.